The van der Waals surface area contributed by atoms with Crippen LogP contribution in [0.2, 0.25) is 0 Å². The molecular formula is C62H40N4O2. The fourth-order valence-electron chi connectivity index (χ4n) is 12.3. The molecule has 0 fully saturated rings. The van der Waals surface area contributed by atoms with Gasteiger partial charge in [0.15, 0.2) is 5.58 Å². The summed E-state index contributed by atoms with van der Waals surface area (Å²) in [5, 5.41) is 17.2. The van der Waals surface area contributed by atoms with Crippen LogP contribution in [0.1, 0.15) is 47.9 Å². The zero-order chi connectivity index (χ0) is 44.2. The Morgan fingerprint density at radius 3 is 1.96 bits per heavy atom. The first-order valence-electron chi connectivity index (χ1n) is 23.8. The second-order valence-electron chi connectivity index (χ2n) is 18.8. The molecule has 320 valence electrons. The standard InChI is InChI=1S/C62H40N4O2/c1-3-14-37-32-54-48(30-35(37)12-1)43-25-24-39-33-53(43)65(54)60-45(27-26-44-49-31-36-13-2-4-15-38(36)34-57(49)68-61(44)60)50-29-28-40(39)59(47-19-11-23-56-58(47)46-18-7-10-22-55(46)67-56)64-62(63-50)66-51-20-8-5-16-41(51)42-17-6-9-21-52(42)66/h1-23,26-27,30-34,62,64H,24-25,28-29H2/b59-40-,63-50+. The highest BCUT2D eigenvalue weighted by molar-refractivity contribution is 6.18. The van der Waals surface area contributed by atoms with E-state index in [1.165, 1.54) is 60.2 Å². The monoisotopic (exact) mass is 872 g/mol. The average molecular weight is 873 g/mol. The zero-order valence-corrected chi connectivity index (χ0v) is 36.9. The van der Waals surface area contributed by atoms with Crippen LogP contribution in [-0.4, -0.2) is 14.8 Å². The van der Waals surface area contributed by atoms with Gasteiger partial charge in [0.25, 0.3) is 0 Å². The molecule has 1 aliphatic carbocycles. The molecule has 6 heterocycles. The quantitative estimate of drug-likeness (QED) is 0.188. The van der Waals surface area contributed by atoms with Gasteiger partial charge in [0.05, 0.1) is 27.9 Å². The van der Waals surface area contributed by atoms with E-state index in [0.29, 0.717) is 0 Å². The Morgan fingerprint density at radius 2 is 1.16 bits per heavy atom. The summed E-state index contributed by atoms with van der Waals surface area (Å²) in [6, 6.07) is 63.8. The molecule has 4 aromatic heterocycles. The molecule has 1 atom stereocenters. The van der Waals surface area contributed by atoms with Crippen molar-refractivity contribution in [2.75, 3.05) is 0 Å². The number of hydrogen-bond donors (Lipinski definition) is 1. The molecule has 16 rings (SSSR count). The maximum Gasteiger partial charge on any atom is 0.201 e. The number of fused-ring (bicyclic) bond motifs is 22. The van der Waals surface area contributed by atoms with Gasteiger partial charge in [0, 0.05) is 60.2 Å². The molecule has 0 amide bonds. The largest absolute Gasteiger partial charge is 0.456 e. The van der Waals surface area contributed by atoms with Crippen LogP contribution in [-0.2, 0) is 6.42 Å². The first-order chi connectivity index (χ1) is 33.7. The number of aromatic nitrogens is 2. The molecule has 68 heavy (non-hydrogen) atoms. The number of aliphatic imine (C=N–C) groups is 1. The van der Waals surface area contributed by atoms with E-state index in [9.17, 15) is 0 Å². The summed E-state index contributed by atoms with van der Waals surface area (Å²) in [5.74, 6) is 0. The summed E-state index contributed by atoms with van der Waals surface area (Å²) in [4.78, 5) is 6.05. The van der Waals surface area contributed by atoms with Gasteiger partial charge in [-0.1, -0.05) is 121 Å². The molecule has 0 saturated carbocycles. The molecule has 6 heteroatoms. The van der Waals surface area contributed by atoms with Crippen molar-refractivity contribution in [3.8, 4) is 5.69 Å². The maximum atomic E-state index is 7.26. The summed E-state index contributed by atoms with van der Waals surface area (Å²) >= 11 is 0. The van der Waals surface area contributed by atoms with Crippen LogP contribution in [0, 0.1) is 0 Å². The molecule has 13 aromatic rings. The van der Waals surface area contributed by atoms with Crippen LogP contribution in [0.3, 0.4) is 0 Å². The molecule has 1 N–H and O–H groups in total. The first-order valence-corrected chi connectivity index (χ1v) is 23.8. The number of allylic oxidation sites excluding steroid dienone is 2. The summed E-state index contributed by atoms with van der Waals surface area (Å²) < 4.78 is 18.8. The van der Waals surface area contributed by atoms with Crippen LogP contribution < -0.4 is 5.32 Å². The van der Waals surface area contributed by atoms with Crippen LogP contribution in [0.25, 0.3) is 116 Å². The van der Waals surface area contributed by atoms with Gasteiger partial charge in [-0.25, -0.2) is 4.99 Å². The molecule has 4 bridgehead atoms. The second kappa shape index (κ2) is 13.5. The molecule has 0 radical (unpaired) electrons. The maximum absolute atomic E-state index is 7.26. The molecule has 6 nitrogen and oxygen atoms in total. The Labute approximate surface area is 389 Å². The van der Waals surface area contributed by atoms with Gasteiger partial charge in [-0.2, -0.15) is 0 Å². The van der Waals surface area contributed by atoms with E-state index < -0.39 is 6.29 Å². The number of rotatable bonds is 2. The number of aryl methyl sites for hydroxylation is 1. The third kappa shape index (κ3) is 4.98. The minimum Gasteiger partial charge on any atom is -0.456 e. The van der Waals surface area contributed by atoms with E-state index in [1.54, 1.807) is 0 Å². The van der Waals surface area contributed by atoms with Crippen molar-refractivity contribution in [3.05, 3.63) is 209 Å². The van der Waals surface area contributed by atoms with Gasteiger partial charge in [-0.05, 0) is 125 Å². The number of furan rings is 2. The summed E-state index contributed by atoms with van der Waals surface area (Å²) in [5.41, 5.74) is 17.6. The Balaban J connectivity index is 1.08. The third-order valence-electron chi connectivity index (χ3n) is 15.3. The van der Waals surface area contributed by atoms with Gasteiger partial charge in [0.2, 0.25) is 6.29 Å². The lowest BCUT2D eigenvalue weighted by Crippen LogP contribution is -2.29. The van der Waals surface area contributed by atoms with Crippen molar-refractivity contribution in [1.29, 1.82) is 0 Å². The van der Waals surface area contributed by atoms with Gasteiger partial charge < -0.3 is 23.3 Å². The molecule has 0 saturated heterocycles. The highest BCUT2D eigenvalue weighted by atomic mass is 16.3. The van der Waals surface area contributed by atoms with E-state index in [1.807, 2.05) is 0 Å². The predicted octanol–water partition coefficient (Wildman–Crippen LogP) is 15.9. The number of para-hydroxylation sites is 3. The minimum atomic E-state index is -0.526. The lowest BCUT2D eigenvalue weighted by atomic mass is 9.84. The van der Waals surface area contributed by atoms with Crippen molar-refractivity contribution in [2.45, 2.75) is 32.0 Å². The molecule has 0 spiro atoms. The van der Waals surface area contributed by atoms with Gasteiger partial charge >= 0.3 is 0 Å². The highest BCUT2D eigenvalue weighted by Crippen LogP contribution is 2.48. The van der Waals surface area contributed by atoms with E-state index >= 15 is 0 Å². The first kappa shape index (κ1) is 36.6. The SMILES string of the molecule is C1=C2CCc3c1n(c1cc4ccccc4cc31)-c1c(ccc3c1oc1cc4ccccc4cc13)/C1=N/C(n3c4ccccc4c4ccccc43)N/C(c3cccc4oc5ccccc5c34)=C\2CC1. The van der Waals surface area contributed by atoms with E-state index in [0.717, 1.165) is 114 Å². The Bertz CT molecular complexity index is 4440. The molecule has 2 aliphatic heterocycles. The van der Waals surface area contributed by atoms with Crippen molar-refractivity contribution in [2.24, 2.45) is 4.99 Å². The Hall–Kier alpha value is -8.61. The van der Waals surface area contributed by atoms with Gasteiger partial charge in [-0.15, -0.1) is 0 Å². The smallest absolute Gasteiger partial charge is 0.201 e. The number of hydrogen-bond acceptors (Lipinski definition) is 4. The number of nitrogens with one attached hydrogen (secondary N) is 1. The summed E-state index contributed by atoms with van der Waals surface area (Å²) in [6.07, 6.45) is 5.33. The third-order valence-corrected chi connectivity index (χ3v) is 15.3. The van der Waals surface area contributed by atoms with E-state index in [4.69, 9.17) is 13.8 Å². The van der Waals surface area contributed by atoms with E-state index in [2.05, 4.69) is 196 Å². The topological polar surface area (TPSA) is 60.5 Å². The Kier molecular flexibility index (Phi) is 7.26. The summed E-state index contributed by atoms with van der Waals surface area (Å²) in [7, 11) is 0. The second-order valence-corrected chi connectivity index (χ2v) is 18.8. The molecular weight excluding hydrogens is 833 g/mol. The van der Waals surface area contributed by atoms with Crippen molar-refractivity contribution < 1.29 is 8.83 Å². The highest BCUT2D eigenvalue weighted by Gasteiger charge is 2.33. The molecule has 3 aliphatic rings. The minimum absolute atomic E-state index is 0.526. The summed E-state index contributed by atoms with van der Waals surface area (Å²) in [6.45, 7) is 0. The van der Waals surface area contributed by atoms with Crippen LogP contribution in [0.5, 0.6) is 0 Å². The van der Waals surface area contributed by atoms with Crippen molar-refractivity contribution in [1.82, 2.24) is 14.5 Å². The lowest BCUT2D eigenvalue weighted by Gasteiger charge is -2.31. The lowest BCUT2D eigenvalue weighted by molar-refractivity contribution is 0.506. The number of benzene rings is 9. The predicted molar refractivity (Wildman–Crippen MR) is 280 cm³/mol. The van der Waals surface area contributed by atoms with Crippen molar-refractivity contribution in [3.63, 3.8) is 0 Å². The Morgan fingerprint density at radius 1 is 0.485 bits per heavy atom. The van der Waals surface area contributed by atoms with Crippen molar-refractivity contribution >= 4 is 116 Å². The molecule has 9 aromatic carbocycles. The van der Waals surface area contributed by atoms with Gasteiger partial charge in [-0.3, -0.25) is 0 Å². The zero-order valence-electron chi connectivity index (χ0n) is 36.9. The molecule has 1 unspecified atom stereocenters. The fraction of sp³-hybridized carbons (Fsp3) is 0.0806. The van der Waals surface area contributed by atoms with Gasteiger partial charge in [0.1, 0.15) is 16.7 Å². The van der Waals surface area contributed by atoms with E-state index in [-0.39, 0.29) is 0 Å². The fourth-order valence-corrected chi connectivity index (χ4v) is 12.3. The van der Waals surface area contributed by atoms with Crippen LogP contribution >= 0.6 is 0 Å². The van der Waals surface area contributed by atoms with Crippen LogP contribution in [0.4, 0.5) is 0 Å². The van der Waals surface area contributed by atoms with Crippen LogP contribution in [0.15, 0.2) is 201 Å². The normalized spacial score (nSPS) is 17.9. The average Bonchev–Trinajstić information content (AvgIpc) is 4.12. The number of nitrogens with zero attached hydrogens (tertiary/aromatic N) is 3.